The van der Waals surface area contributed by atoms with Crippen LogP contribution in [0, 0.1) is 11.8 Å². The van der Waals surface area contributed by atoms with Crippen molar-refractivity contribution < 1.29 is 28.5 Å². The second kappa shape index (κ2) is 10.3. The molecule has 0 atom stereocenters. The molecule has 0 N–H and O–H groups in total. The van der Waals surface area contributed by atoms with Crippen LogP contribution in [0.4, 0.5) is 0 Å². The van der Waals surface area contributed by atoms with E-state index in [1.54, 1.807) is 27.7 Å². The van der Waals surface area contributed by atoms with Gasteiger partial charge in [0.05, 0.1) is 24.4 Å². The van der Waals surface area contributed by atoms with Crippen molar-refractivity contribution in [1.82, 2.24) is 0 Å². The minimum atomic E-state index is -0.860. The SMILES string of the molecule is CCC(C)(C)OCC(C)(C)OC(=O)C#CC(=O)OC(C)(C)COC(C)(C)CC. The van der Waals surface area contributed by atoms with Crippen LogP contribution in [0.3, 0.4) is 0 Å². The number of hydrogen-bond donors (Lipinski definition) is 0. The Morgan fingerprint density at radius 1 is 0.607 bits per heavy atom. The molecule has 0 saturated heterocycles. The number of ether oxygens (including phenoxy) is 4. The summed E-state index contributed by atoms with van der Waals surface area (Å²) < 4.78 is 22.1. The highest BCUT2D eigenvalue weighted by Gasteiger charge is 2.28. The summed E-state index contributed by atoms with van der Waals surface area (Å²) in [5.41, 5.74) is -2.33. The molecule has 0 spiro atoms. The van der Waals surface area contributed by atoms with E-state index >= 15 is 0 Å². The molecule has 0 amide bonds. The molecule has 0 aliphatic rings. The zero-order valence-electron chi connectivity index (χ0n) is 19.3. The summed E-state index contributed by atoms with van der Waals surface area (Å²) in [4.78, 5) is 23.9. The average molecular weight is 399 g/mol. The first kappa shape index (κ1) is 26.4. The Morgan fingerprint density at radius 3 is 1.14 bits per heavy atom. The van der Waals surface area contributed by atoms with Gasteiger partial charge in [0.1, 0.15) is 11.2 Å². The minimum absolute atomic E-state index is 0.225. The molecule has 6 heteroatoms. The highest BCUT2D eigenvalue weighted by Crippen LogP contribution is 2.20. The minimum Gasteiger partial charge on any atom is -0.448 e. The van der Waals surface area contributed by atoms with E-state index in [0.29, 0.717) is 0 Å². The summed E-state index contributed by atoms with van der Waals surface area (Å²) in [6.45, 7) is 19.3. The molecule has 162 valence electrons. The average Bonchev–Trinajstić information content (AvgIpc) is 2.56. The van der Waals surface area contributed by atoms with E-state index in [1.165, 1.54) is 0 Å². The molecule has 0 unspecified atom stereocenters. The smallest absolute Gasteiger partial charge is 0.385 e. The van der Waals surface area contributed by atoms with Gasteiger partial charge in [0.2, 0.25) is 0 Å². The third kappa shape index (κ3) is 12.0. The molecule has 0 radical (unpaired) electrons. The van der Waals surface area contributed by atoms with Gasteiger partial charge in [-0.05, 0) is 68.2 Å². The van der Waals surface area contributed by atoms with Crippen molar-refractivity contribution in [1.29, 1.82) is 0 Å². The predicted molar refractivity (Wildman–Crippen MR) is 109 cm³/mol. The second-order valence-electron chi connectivity index (χ2n) is 9.35. The van der Waals surface area contributed by atoms with E-state index in [2.05, 4.69) is 11.8 Å². The fraction of sp³-hybridized carbons (Fsp3) is 0.818. The van der Waals surface area contributed by atoms with Crippen LogP contribution in [-0.4, -0.2) is 47.6 Å². The number of esters is 2. The van der Waals surface area contributed by atoms with Gasteiger partial charge in [0, 0.05) is 11.8 Å². The van der Waals surface area contributed by atoms with Crippen LogP contribution in [-0.2, 0) is 28.5 Å². The van der Waals surface area contributed by atoms with E-state index in [1.807, 2.05) is 41.5 Å². The van der Waals surface area contributed by atoms with Crippen molar-refractivity contribution in [2.45, 2.75) is 104 Å². The largest absolute Gasteiger partial charge is 0.448 e. The van der Waals surface area contributed by atoms with E-state index in [-0.39, 0.29) is 24.4 Å². The van der Waals surface area contributed by atoms with E-state index in [0.717, 1.165) is 12.8 Å². The first-order valence-electron chi connectivity index (χ1n) is 9.79. The Labute approximate surface area is 170 Å². The number of carbonyl (C=O) groups is 2. The molecule has 0 saturated carbocycles. The lowest BCUT2D eigenvalue weighted by Crippen LogP contribution is -2.38. The van der Waals surface area contributed by atoms with E-state index in [9.17, 15) is 9.59 Å². The van der Waals surface area contributed by atoms with Gasteiger partial charge in [-0.15, -0.1) is 0 Å². The van der Waals surface area contributed by atoms with Crippen LogP contribution in [0.25, 0.3) is 0 Å². The van der Waals surface area contributed by atoms with Crippen molar-refractivity contribution in [2.75, 3.05) is 13.2 Å². The monoisotopic (exact) mass is 398 g/mol. The normalized spacial score (nSPS) is 12.8. The molecular weight excluding hydrogens is 360 g/mol. The van der Waals surface area contributed by atoms with Gasteiger partial charge in [-0.3, -0.25) is 0 Å². The lowest BCUT2D eigenvalue weighted by molar-refractivity contribution is -0.163. The van der Waals surface area contributed by atoms with Crippen molar-refractivity contribution in [3.05, 3.63) is 0 Å². The van der Waals surface area contributed by atoms with Gasteiger partial charge in [-0.1, -0.05) is 13.8 Å². The zero-order valence-corrected chi connectivity index (χ0v) is 19.3. The Hall–Kier alpha value is -1.58. The quantitative estimate of drug-likeness (QED) is 0.314. The van der Waals surface area contributed by atoms with Crippen LogP contribution in [0.1, 0.15) is 82.1 Å². The van der Waals surface area contributed by atoms with E-state index < -0.39 is 23.1 Å². The Bertz CT molecular complexity index is 540. The molecular formula is C22H38O6. The highest BCUT2D eigenvalue weighted by molar-refractivity contribution is 5.98. The second-order valence-corrected chi connectivity index (χ2v) is 9.35. The summed E-state index contributed by atoms with van der Waals surface area (Å²) in [5.74, 6) is 2.74. The van der Waals surface area contributed by atoms with Crippen LogP contribution < -0.4 is 0 Å². The Kier molecular flexibility index (Phi) is 9.69. The molecule has 0 aromatic carbocycles. The molecule has 6 nitrogen and oxygen atoms in total. The van der Waals surface area contributed by atoms with Crippen molar-refractivity contribution in [3.8, 4) is 11.8 Å². The number of hydrogen-bond acceptors (Lipinski definition) is 6. The molecule has 0 aliphatic heterocycles. The lowest BCUT2D eigenvalue weighted by Gasteiger charge is -2.30. The fourth-order valence-electron chi connectivity index (χ4n) is 1.66. The van der Waals surface area contributed by atoms with Crippen LogP contribution >= 0.6 is 0 Å². The molecule has 0 aliphatic carbocycles. The molecule has 0 aromatic rings. The highest BCUT2D eigenvalue weighted by atomic mass is 16.6. The lowest BCUT2D eigenvalue weighted by atomic mass is 10.1. The Balaban J connectivity index is 4.65. The molecule has 28 heavy (non-hydrogen) atoms. The molecule has 0 fully saturated rings. The first-order chi connectivity index (χ1) is 12.5. The zero-order chi connectivity index (χ0) is 22.2. The van der Waals surface area contributed by atoms with Crippen LogP contribution in [0.15, 0.2) is 0 Å². The topological polar surface area (TPSA) is 71.1 Å². The maximum atomic E-state index is 11.9. The van der Waals surface area contributed by atoms with Crippen molar-refractivity contribution >= 4 is 11.9 Å². The fourth-order valence-corrected chi connectivity index (χ4v) is 1.66. The Morgan fingerprint density at radius 2 is 0.893 bits per heavy atom. The maximum absolute atomic E-state index is 11.9. The third-order valence-electron chi connectivity index (χ3n) is 4.33. The van der Waals surface area contributed by atoms with Crippen LogP contribution in [0.5, 0.6) is 0 Å². The van der Waals surface area contributed by atoms with Gasteiger partial charge in [0.15, 0.2) is 0 Å². The maximum Gasteiger partial charge on any atom is 0.385 e. The molecule has 0 heterocycles. The van der Waals surface area contributed by atoms with Gasteiger partial charge in [0.25, 0.3) is 0 Å². The van der Waals surface area contributed by atoms with Crippen molar-refractivity contribution in [2.24, 2.45) is 0 Å². The summed E-state index contributed by atoms with van der Waals surface area (Å²) >= 11 is 0. The first-order valence-corrected chi connectivity index (χ1v) is 9.79. The van der Waals surface area contributed by atoms with E-state index in [4.69, 9.17) is 18.9 Å². The third-order valence-corrected chi connectivity index (χ3v) is 4.33. The van der Waals surface area contributed by atoms with Crippen LogP contribution in [0.2, 0.25) is 0 Å². The summed E-state index contributed by atoms with van der Waals surface area (Å²) in [5, 5.41) is 0. The van der Waals surface area contributed by atoms with Gasteiger partial charge in [-0.2, -0.15) is 0 Å². The van der Waals surface area contributed by atoms with Gasteiger partial charge in [-0.25, -0.2) is 9.59 Å². The molecule has 0 bridgehead atoms. The molecule has 0 aromatic heterocycles. The van der Waals surface area contributed by atoms with Crippen molar-refractivity contribution in [3.63, 3.8) is 0 Å². The predicted octanol–water partition coefficient (Wildman–Crippen LogP) is 4.04. The summed E-state index contributed by atoms with van der Waals surface area (Å²) in [6, 6.07) is 0. The van der Waals surface area contributed by atoms with Gasteiger partial charge >= 0.3 is 11.9 Å². The number of rotatable bonds is 10. The molecule has 0 rings (SSSR count). The van der Waals surface area contributed by atoms with Gasteiger partial charge < -0.3 is 18.9 Å². The number of carbonyl (C=O) groups excluding carboxylic acids is 2. The summed E-state index contributed by atoms with van der Waals surface area (Å²) in [6.07, 6.45) is 1.66. The summed E-state index contributed by atoms with van der Waals surface area (Å²) in [7, 11) is 0. The standard InChI is InChI=1S/C22H38O6/c1-11-19(3,4)25-15-21(7,8)27-17(23)13-14-18(24)28-22(9,10)16-26-20(5,6)12-2/h11-12,15-16H2,1-10H3.